The van der Waals surface area contributed by atoms with Crippen molar-refractivity contribution in [3.05, 3.63) is 44.8 Å². The minimum absolute atomic E-state index is 0.0550. The molecule has 0 saturated heterocycles. The van der Waals surface area contributed by atoms with Gasteiger partial charge in [0.05, 0.1) is 16.2 Å². The Bertz CT molecular complexity index is 681. The summed E-state index contributed by atoms with van der Waals surface area (Å²) < 4.78 is 0.458. The lowest BCUT2D eigenvalue weighted by atomic mass is 10.1. The number of aromatic nitrogens is 2. The van der Waals surface area contributed by atoms with Crippen LogP contribution in [0.2, 0.25) is 0 Å². The molecule has 3 N–H and O–H groups in total. The molecular formula is C11H10N4O2S. The second-order valence-electron chi connectivity index (χ2n) is 3.75. The van der Waals surface area contributed by atoms with Gasteiger partial charge in [-0.25, -0.2) is 4.98 Å². The number of nitro groups is 1. The van der Waals surface area contributed by atoms with E-state index in [9.17, 15) is 10.1 Å². The number of H-pyrrole nitrogens is 1. The molecule has 0 spiro atoms. The Balaban J connectivity index is 2.66. The molecule has 6 nitrogen and oxygen atoms in total. The van der Waals surface area contributed by atoms with Crippen molar-refractivity contribution >= 4 is 23.6 Å². The second kappa shape index (κ2) is 4.53. The van der Waals surface area contributed by atoms with Gasteiger partial charge in [0.2, 0.25) is 0 Å². The lowest BCUT2D eigenvalue weighted by molar-refractivity contribution is -0.385. The summed E-state index contributed by atoms with van der Waals surface area (Å²) in [6.07, 6.45) is 2.84. The Morgan fingerprint density at radius 3 is 2.83 bits per heavy atom. The van der Waals surface area contributed by atoms with E-state index in [0.29, 0.717) is 27.1 Å². The van der Waals surface area contributed by atoms with Crippen LogP contribution in [0.4, 0.5) is 11.4 Å². The van der Waals surface area contributed by atoms with E-state index < -0.39 is 4.92 Å². The number of nitrogens with zero attached hydrogens (tertiary/aromatic N) is 2. The number of hydrogen-bond donors (Lipinski definition) is 2. The third-order valence-electron chi connectivity index (χ3n) is 2.50. The predicted octanol–water partition coefficient (Wildman–Crippen LogP) is 2.61. The predicted molar refractivity (Wildman–Crippen MR) is 70.7 cm³/mol. The zero-order valence-corrected chi connectivity index (χ0v) is 10.3. The first-order chi connectivity index (χ1) is 8.50. The van der Waals surface area contributed by atoms with Gasteiger partial charge in [-0.15, -0.1) is 0 Å². The summed E-state index contributed by atoms with van der Waals surface area (Å²) in [5.41, 5.74) is 8.10. The highest BCUT2D eigenvalue weighted by Gasteiger charge is 2.13. The zero-order valence-electron chi connectivity index (χ0n) is 9.51. The standard InChI is InChI=1S/C11H10N4O2S/c1-6-4-7(15(16)17)5-14-10(6)9-8(12)2-3-13-11(9)18/h2-5H,1H3,(H3,12,13,18). The maximum absolute atomic E-state index is 10.6. The van der Waals surface area contributed by atoms with Crippen LogP contribution in [-0.2, 0) is 0 Å². The van der Waals surface area contributed by atoms with Crippen LogP contribution in [0.15, 0.2) is 24.5 Å². The van der Waals surface area contributed by atoms with E-state index in [-0.39, 0.29) is 5.69 Å². The second-order valence-corrected chi connectivity index (χ2v) is 4.16. The zero-order chi connectivity index (χ0) is 13.3. The molecule has 0 radical (unpaired) electrons. The summed E-state index contributed by atoms with van der Waals surface area (Å²) in [6.45, 7) is 1.73. The molecule has 0 aliphatic rings. The fourth-order valence-corrected chi connectivity index (χ4v) is 1.94. The van der Waals surface area contributed by atoms with Crippen molar-refractivity contribution in [2.75, 3.05) is 5.73 Å². The number of pyridine rings is 2. The van der Waals surface area contributed by atoms with Crippen molar-refractivity contribution in [1.29, 1.82) is 0 Å². The van der Waals surface area contributed by atoms with Crippen molar-refractivity contribution in [2.45, 2.75) is 6.92 Å². The molecule has 0 bridgehead atoms. The first-order valence-electron chi connectivity index (χ1n) is 5.09. The maximum atomic E-state index is 10.6. The molecule has 0 saturated carbocycles. The van der Waals surface area contributed by atoms with E-state index in [2.05, 4.69) is 9.97 Å². The SMILES string of the molecule is Cc1cc([N+](=O)[O-])cnc1-c1c(N)cc[nH]c1=S. The van der Waals surface area contributed by atoms with Crippen LogP contribution in [0, 0.1) is 21.7 Å². The first kappa shape index (κ1) is 12.2. The number of nitrogens with one attached hydrogen (secondary N) is 1. The summed E-state index contributed by atoms with van der Waals surface area (Å²) in [7, 11) is 0. The molecule has 92 valence electrons. The molecule has 2 aromatic rings. The summed E-state index contributed by atoms with van der Waals surface area (Å²) in [5, 5.41) is 10.6. The van der Waals surface area contributed by atoms with Gasteiger partial charge in [0.1, 0.15) is 10.8 Å². The fraction of sp³-hybridized carbons (Fsp3) is 0.0909. The molecule has 2 rings (SSSR count). The lowest BCUT2D eigenvalue weighted by Gasteiger charge is -2.07. The van der Waals surface area contributed by atoms with Crippen LogP contribution in [-0.4, -0.2) is 14.9 Å². The number of hydrogen-bond acceptors (Lipinski definition) is 5. The molecule has 2 aromatic heterocycles. The minimum atomic E-state index is -0.487. The number of nitrogen functional groups attached to an aromatic ring is 1. The smallest absolute Gasteiger partial charge is 0.287 e. The minimum Gasteiger partial charge on any atom is -0.398 e. The topological polar surface area (TPSA) is 97.8 Å². The van der Waals surface area contributed by atoms with E-state index >= 15 is 0 Å². The summed E-state index contributed by atoms with van der Waals surface area (Å²) in [5.74, 6) is 0. The van der Waals surface area contributed by atoms with Crippen molar-refractivity contribution in [3.8, 4) is 11.3 Å². The Morgan fingerprint density at radius 2 is 2.28 bits per heavy atom. The Hall–Kier alpha value is -2.28. The van der Waals surface area contributed by atoms with E-state index in [4.69, 9.17) is 18.0 Å². The van der Waals surface area contributed by atoms with Gasteiger partial charge in [0.15, 0.2) is 0 Å². The summed E-state index contributed by atoms with van der Waals surface area (Å²) in [6, 6.07) is 3.12. The molecule has 2 heterocycles. The van der Waals surface area contributed by atoms with Crippen LogP contribution in [0.25, 0.3) is 11.3 Å². The monoisotopic (exact) mass is 262 g/mol. The highest BCUT2D eigenvalue weighted by Crippen LogP contribution is 2.28. The quantitative estimate of drug-likeness (QED) is 0.492. The third-order valence-corrected chi connectivity index (χ3v) is 2.83. The van der Waals surface area contributed by atoms with Crippen molar-refractivity contribution in [1.82, 2.24) is 9.97 Å². The van der Waals surface area contributed by atoms with Gasteiger partial charge in [0, 0.05) is 18.0 Å². The number of rotatable bonds is 2. The Labute approximate surface area is 108 Å². The summed E-state index contributed by atoms with van der Waals surface area (Å²) in [4.78, 5) is 17.1. The summed E-state index contributed by atoms with van der Waals surface area (Å²) >= 11 is 5.16. The lowest BCUT2D eigenvalue weighted by Crippen LogP contribution is -1.98. The largest absolute Gasteiger partial charge is 0.398 e. The van der Waals surface area contributed by atoms with Gasteiger partial charge in [0.25, 0.3) is 5.69 Å². The molecule has 7 heteroatoms. The number of aromatic amines is 1. The van der Waals surface area contributed by atoms with Crippen LogP contribution < -0.4 is 5.73 Å². The molecule has 0 fully saturated rings. The highest BCUT2D eigenvalue weighted by atomic mass is 32.1. The van der Waals surface area contributed by atoms with Crippen molar-refractivity contribution in [2.24, 2.45) is 0 Å². The van der Waals surface area contributed by atoms with E-state index in [1.165, 1.54) is 12.3 Å². The molecule has 0 unspecified atom stereocenters. The Kier molecular flexibility index (Phi) is 3.07. The molecule has 0 aliphatic carbocycles. The average molecular weight is 262 g/mol. The van der Waals surface area contributed by atoms with Crippen LogP contribution in [0.1, 0.15) is 5.56 Å². The molecule has 18 heavy (non-hydrogen) atoms. The van der Waals surface area contributed by atoms with Crippen LogP contribution in [0.3, 0.4) is 0 Å². The van der Waals surface area contributed by atoms with Gasteiger partial charge in [-0.05, 0) is 18.6 Å². The van der Waals surface area contributed by atoms with Gasteiger partial charge >= 0.3 is 0 Å². The maximum Gasteiger partial charge on any atom is 0.287 e. The number of nitrogens with two attached hydrogens (primary N) is 1. The Morgan fingerprint density at radius 1 is 1.56 bits per heavy atom. The van der Waals surface area contributed by atoms with Gasteiger partial charge in [-0.1, -0.05) is 12.2 Å². The van der Waals surface area contributed by atoms with E-state index in [0.717, 1.165) is 0 Å². The van der Waals surface area contributed by atoms with E-state index in [1.807, 2.05) is 0 Å². The van der Waals surface area contributed by atoms with Gasteiger partial charge in [-0.3, -0.25) is 10.1 Å². The van der Waals surface area contributed by atoms with Gasteiger partial charge in [-0.2, -0.15) is 0 Å². The normalized spacial score (nSPS) is 10.3. The average Bonchev–Trinajstić information content (AvgIpc) is 2.30. The molecule has 0 amide bonds. The third kappa shape index (κ3) is 2.07. The number of aryl methyl sites for hydroxylation is 1. The molecule has 0 aromatic carbocycles. The first-order valence-corrected chi connectivity index (χ1v) is 5.50. The van der Waals surface area contributed by atoms with E-state index in [1.54, 1.807) is 19.2 Å². The number of anilines is 1. The van der Waals surface area contributed by atoms with Crippen molar-refractivity contribution < 1.29 is 4.92 Å². The molecule has 0 aliphatic heterocycles. The van der Waals surface area contributed by atoms with Crippen LogP contribution >= 0.6 is 12.2 Å². The van der Waals surface area contributed by atoms with Crippen LogP contribution in [0.5, 0.6) is 0 Å². The highest BCUT2D eigenvalue weighted by molar-refractivity contribution is 7.71. The fourth-order valence-electron chi connectivity index (χ4n) is 1.66. The molecule has 0 atom stereocenters. The molecular weight excluding hydrogens is 252 g/mol. The van der Waals surface area contributed by atoms with Crippen molar-refractivity contribution in [3.63, 3.8) is 0 Å². The van der Waals surface area contributed by atoms with Gasteiger partial charge < -0.3 is 10.7 Å².